The van der Waals surface area contributed by atoms with Crippen LogP contribution in [0.5, 0.6) is 0 Å². The number of hydrogen-bond acceptors (Lipinski definition) is 10. The SMILES string of the molecule is CC(C)c1cnnc(Nc2ccc3ncc(/C(C=N)=C/NCCCN4CCN(c5cccnc5)CC4)cc3n2)c1. The second-order valence-corrected chi connectivity index (χ2v) is 10.2. The smallest absolute Gasteiger partial charge is 0.154 e. The van der Waals surface area contributed by atoms with Gasteiger partial charge in [0.05, 0.1) is 29.1 Å². The maximum atomic E-state index is 7.96. The molecule has 5 rings (SSSR count). The summed E-state index contributed by atoms with van der Waals surface area (Å²) in [6.45, 7) is 10.3. The average Bonchev–Trinajstić information content (AvgIpc) is 2.99. The van der Waals surface area contributed by atoms with Crippen molar-refractivity contribution in [2.75, 3.05) is 49.5 Å². The van der Waals surface area contributed by atoms with Gasteiger partial charge in [-0.2, -0.15) is 5.10 Å². The molecular weight excluding hydrogens is 500 g/mol. The largest absolute Gasteiger partial charge is 0.390 e. The summed E-state index contributed by atoms with van der Waals surface area (Å²) >= 11 is 0. The first-order chi connectivity index (χ1) is 19.6. The predicted octanol–water partition coefficient (Wildman–Crippen LogP) is 4.47. The highest BCUT2D eigenvalue weighted by molar-refractivity contribution is 6.08. The lowest BCUT2D eigenvalue weighted by atomic mass is 10.1. The van der Waals surface area contributed by atoms with E-state index in [-0.39, 0.29) is 0 Å². The number of aromatic nitrogens is 5. The Morgan fingerprint density at radius 1 is 1.02 bits per heavy atom. The second kappa shape index (κ2) is 13.1. The number of pyridine rings is 3. The lowest BCUT2D eigenvalue weighted by molar-refractivity contribution is 0.255. The summed E-state index contributed by atoms with van der Waals surface area (Å²) in [5, 5.41) is 22.9. The maximum Gasteiger partial charge on any atom is 0.154 e. The van der Waals surface area contributed by atoms with Gasteiger partial charge in [-0.05, 0) is 60.8 Å². The molecule has 0 aromatic carbocycles. The van der Waals surface area contributed by atoms with Gasteiger partial charge in [0.1, 0.15) is 5.82 Å². The van der Waals surface area contributed by atoms with Gasteiger partial charge >= 0.3 is 0 Å². The first-order valence-corrected chi connectivity index (χ1v) is 13.8. The molecule has 1 fully saturated rings. The number of anilines is 3. The van der Waals surface area contributed by atoms with Crippen molar-refractivity contribution in [3.05, 3.63) is 78.5 Å². The van der Waals surface area contributed by atoms with E-state index in [2.05, 4.69) is 60.5 Å². The lowest BCUT2D eigenvalue weighted by Gasteiger charge is -2.35. The van der Waals surface area contributed by atoms with Crippen molar-refractivity contribution in [3.8, 4) is 0 Å². The monoisotopic (exact) mass is 536 g/mol. The molecule has 0 radical (unpaired) electrons. The molecule has 4 aromatic heterocycles. The van der Waals surface area contributed by atoms with E-state index in [9.17, 15) is 0 Å². The van der Waals surface area contributed by atoms with Crippen LogP contribution in [-0.4, -0.2) is 75.5 Å². The summed E-state index contributed by atoms with van der Waals surface area (Å²) in [5.74, 6) is 1.68. The zero-order chi connectivity index (χ0) is 27.7. The summed E-state index contributed by atoms with van der Waals surface area (Å²) < 4.78 is 0. The van der Waals surface area contributed by atoms with Crippen molar-refractivity contribution in [2.24, 2.45) is 0 Å². The van der Waals surface area contributed by atoms with E-state index in [4.69, 9.17) is 10.4 Å². The highest BCUT2D eigenvalue weighted by atomic mass is 15.3. The van der Waals surface area contributed by atoms with Gasteiger partial charge in [0, 0.05) is 68.7 Å². The standard InChI is InChI=1S/C30H36N10/c1-22(2)23-16-30(38-35-20-23)37-29-7-6-27-28(36-29)15-24(19-34-27)25(17-31)18-32-9-4-10-39-11-13-40(14-12-39)26-5-3-8-33-21-26/h3,5-8,15-22,31-32H,4,9-14H2,1-2H3,(H,36,37,38)/b25-18+,31-17?. The highest BCUT2D eigenvalue weighted by Gasteiger charge is 2.16. The molecule has 1 aliphatic heterocycles. The Kier molecular flexibility index (Phi) is 8.87. The van der Waals surface area contributed by atoms with Crippen molar-refractivity contribution in [2.45, 2.75) is 26.2 Å². The van der Waals surface area contributed by atoms with Gasteiger partial charge in [-0.3, -0.25) is 14.9 Å². The Morgan fingerprint density at radius 3 is 2.67 bits per heavy atom. The molecule has 10 nitrogen and oxygen atoms in total. The molecular formula is C30H36N10. The molecule has 3 N–H and O–H groups in total. The quantitative estimate of drug-likeness (QED) is 0.188. The van der Waals surface area contributed by atoms with Gasteiger partial charge in [0.25, 0.3) is 0 Å². The third-order valence-corrected chi connectivity index (χ3v) is 7.06. The van der Waals surface area contributed by atoms with E-state index in [1.165, 1.54) is 11.9 Å². The van der Waals surface area contributed by atoms with Crippen LogP contribution in [0.2, 0.25) is 0 Å². The maximum absolute atomic E-state index is 7.96. The molecule has 206 valence electrons. The Hall–Kier alpha value is -4.44. The number of allylic oxidation sites excluding steroid dienone is 1. The second-order valence-electron chi connectivity index (χ2n) is 10.2. The molecule has 5 heterocycles. The van der Waals surface area contributed by atoms with Crippen LogP contribution in [0, 0.1) is 5.41 Å². The summed E-state index contributed by atoms with van der Waals surface area (Å²) in [6.07, 6.45) is 11.6. The molecule has 0 saturated carbocycles. The number of nitrogens with one attached hydrogen (secondary N) is 3. The fourth-order valence-electron chi connectivity index (χ4n) is 4.69. The Bertz CT molecular complexity index is 1450. The van der Waals surface area contributed by atoms with Gasteiger partial charge in [0.15, 0.2) is 5.82 Å². The molecule has 0 bridgehead atoms. The molecule has 4 aromatic rings. The van der Waals surface area contributed by atoms with E-state index in [0.717, 1.165) is 73.4 Å². The number of piperazine rings is 1. The number of nitrogens with zero attached hydrogens (tertiary/aromatic N) is 7. The summed E-state index contributed by atoms with van der Waals surface area (Å²) in [4.78, 5) is 18.4. The predicted molar refractivity (Wildman–Crippen MR) is 161 cm³/mol. The molecule has 10 heteroatoms. The van der Waals surface area contributed by atoms with Crippen molar-refractivity contribution in [3.63, 3.8) is 0 Å². The Morgan fingerprint density at radius 2 is 1.90 bits per heavy atom. The first kappa shape index (κ1) is 27.1. The zero-order valence-corrected chi connectivity index (χ0v) is 23.1. The van der Waals surface area contributed by atoms with Gasteiger partial charge in [-0.15, -0.1) is 5.10 Å². The minimum atomic E-state index is 0.362. The van der Waals surface area contributed by atoms with Crippen LogP contribution in [-0.2, 0) is 0 Å². The lowest BCUT2D eigenvalue weighted by Crippen LogP contribution is -2.46. The van der Waals surface area contributed by atoms with E-state index >= 15 is 0 Å². The number of rotatable bonds is 11. The fourth-order valence-corrected chi connectivity index (χ4v) is 4.69. The van der Waals surface area contributed by atoms with Crippen LogP contribution in [0.4, 0.5) is 17.3 Å². The minimum absolute atomic E-state index is 0.362. The van der Waals surface area contributed by atoms with Crippen LogP contribution in [0.1, 0.15) is 37.3 Å². The van der Waals surface area contributed by atoms with Crippen LogP contribution in [0.3, 0.4) is 0 Å². The van der Waals surface area contributed by atoms with Crippen LogP contribution in [0.15, 0.2) is 67.4 Å². The number of hydrogen-bond donors (Lipinski definition) is 3. The van der Waals surface area contributed by atoms with Crippen molar-refractivity contribution in [1.82, 2.24) is 35.4 Å². The summed E-state index contributed by atoms with van der Waals surface area (Å²) in [5.41, 5.74) is 5.44. The van der Waals surface area contributed by atoms with Gasteiger partial charge in [-0.1, -0.05) is 13.8 Å². The number of fused-ring (bicyclic) bond motifs is 1. The summed E-state index contributed by atoms with van der Waals surface area (Å²) in [7, 11) is 0. The normalized spacial score (nSPS) is 14.5. The van der Waals surface area contributed by atoms with Crippen LogP contribution in [0.25, 0.3) is 16.6 Å². The van der Waals surface area contributed by atoms with E-state index in [1.807, 2.05) is 48.9 Å². The van der Waals surface area contributed by atoms with Crippen LogP contribution < -0.4 is 15.5 Å². The molecule has 40 heavy (non-hydrogen) atoms. The molecule has 0 aliphatic carbocycles. The fraction of sp³-hybridized carbons (Fsp3) is 0.333. The van der Waals surface area contributed by atoms with Crippen LogP contribution >= 0.6 is 0 Å². The van der Waals surface area contributed by atoms with Crippen molar-refractivity contribution >= 4 is 40.1 Å². The topological polar surface area (TPSA) is 119 Å². The average molecular weight is 537 g/mol. The Balaban J connectivity index is 1.14. The highest BCUT2D eigenvalue weighted by Crippen LogP contribution is 2.22. The van der Waals surface area contributed by atoms with Crippen molar-refractivity contribution < 1.29 is 0 Å². The van der Waals surface area contributed by atoms with E-state index in [1.54, 1.807) is 12.4 Å². The zero-order valence-electron chi connectivity index (χ0n) is 23.1. The molecule has 1 aliphatic rings. The molecule has 1 saturated heterocycles. The first-order valence-electron chi connectivity index (χ1n) is 13.8. The third-order valence-electron chi connectivity index (χ3n) is 7.06. The molecule has 0 unspecified atom stereocenters. The van der Waals surface area contributed by atoms with Gasteiger partial charge in [-0.25, -0.2) is 4.98 Å². The Labute approximate surface area is 235 Å². The summed E-state index contributed by atoms with van der Waals surface area (Å²) in [6, 6.07) is 11.9. The van der Waals surface area contributed by atoms with Crippen molar-refractivity contribution in [1.29, 1.82) is 5.41 Å². The third kappa shape index (κ3) is 6.95. The molecule has 0 amide bonds. The van der Waals surface area contributed by atoms with Gasteiger partial charge < -0.3 is 20.9 Å². The minimum Gasteiger partial charge on any atom is -0.390 e. The van der Waals surface area contributed by atoms with E-state index < -0.39 is 0 Å². The molecule has 0 spiro atoms. The molecule has 0 atom stereocenters. The van der Waals surface area contributed by atoms with Gasteiger partial charge in [0.2, 0.25) is 0 Å². The van der Waals surface area contributed by atoms with E-state index in [0.29, 0.717) is 17.6 Å².